The molecule has 9 heteroatoms. The van der Waals surface area contributed by atoms with Crippen LogP contribution in [-0.2, 0) is 4.79 Å². The number of amides is 1. The number of hydrogen-bond acceptors (Lipinski definition) is 5. The molecule has 1 amide bonds. The molecule has 3 rings (SSSR count). The summed E-state index contributed by atoms with van der Waals surface area (Å²) in [6.07, 6.45) is 3.95. The van der Waals surface area contributed by atoms with E-state index in [-0.39, 0.29) is 12.5 Å². The molecule has 0 aromatic carbocycles. The lowest BCUT2D eigenvalue weighted by Crippen LogP contribution is -2.55. The molecule has 138 valence electrons. The van der Waals surface area contributed by atoms with Crippen molar-refractivity contribution >= 4 is 40.2 Å². The maximum atomic E-state index is 12.3. The van der Waals surface area contributed by atoms with Crippen molar-refractivity contribution in [1.82, 2.24) is 20.6 Å². The number of pyridine rings is 1. The first-order valence-corrected chi connectivity index (χ1v) is 8.66. The van der Waals surface area contributed by atoms with Crippen LogP contribution in [0.4, 0.5) is 4.39 Å². The third-order valence-corrected chi connectivity index (χ3v) is 4.20. The van der Waals surface area contributed by atoms with Gasteiger partial charge in [0.1, 0.15) is 23.7 Å². The highest BCUT2D eigenvalue weighted by molar-refractivity contribution is 6.31. The molecule has 0 bridgehead atoms. The Bertz CT molecular complexity index is 889. The molecule has 0 atom stereocenters. The summed E-state index contributed by atoms with van der Waals surface area (Å²) in [5.41, 5.74) is 0.587. The lowest BCUT2D eigenvalue weighted by Gasteiger charge is -2.27. The zero-order chi connectivity index (χ0) is 18.7. The van der Waals surface area contributed by atoms with Gasteiger partial charge in [-0.15, -0.1) is 0 Å². The first-order chi connectivity index (χ1) is 12.4. The van der Waals surface area contributed by atoms with E-state index >= 15 is 0 Å². The van der Waals surface area contributed by atoms with Crippen LogP contribution in [0.1, 0.15) is 25.8 Å². The van der Waals surface area contributed by atoms with E-state index in [1.807, 2.05) is 6.07 Å². The molecular formula is C17H20ClFN6O. The monoisotopic (exact) mass is 378 g/mol. The predicted octanol–water partition coefficient (Wildman–Crippen LogP) is 2.22. The number of alkyl halides is 1. The SMILES string of the molecule is CC(C)(NC1=NC(c2c[nH]c3ncc(Cl)cc23)=NCC1)C(=O)NCCF. The van der Waals surface area contributed by atoms with Crippen LogP contribution in [0.3, 0.4) is 0 Å². The van der Waals surface area contributed by atoms with Crippen molar-refractivity contribution < 1.29 is 9.18 Å². The molecule has 3 heterocycles. The molecule has 3 N–H and O–H groups in total. The largest absolute Gasteiger partial charge is 0.360 e. The summed E-state index contributed by atoms with van der Waals surface area (Å²) in [7, 11) is 0. The second-order valence-corrected chi connectivity index (χ2v) is 6.90. The van der Waals surface area contributed by atoms with Gasteiger partial charge in [-0.05, 0) is 19.9 Å². The first-order valence-electron chi connectivity index (χ1n) is 8.28. The lowest BCUT2D eigenvalue weighted by molar-refractivity contribution is -0.125. The molecule has 0 aliphatic carbocycles. The van der Waals surface area contributed by atoms with Crippen LogP contribution in [0.2, 0.25) is 5.02 Å². The Morgan fingerprint density at radius 1 is 1.46 bits per heavy atom. The molecule has 0 fully saturated rings. The first kappa shape index (κ1) is 18.3. The fourth-order valence-electron chi connectivity index (χ4n) is 2.68. The van der Waals surface area contributed by atoms with E-state index in [9.17, 15) is 9.18 Å². The number of carbonyl (C=O) groups is 1. The van der Waals surface area contributed by atoms with Crippen LogP contribution in [0.25, 0.3) is 11.0 Å². The van der Waals surface area contributed by atoms with Crippen LogP contribution in [0, 0.1) is 0 Å². The lowest BCUT2D eigenvalue weighted by atomic mass is 10.0. The smallest absolute Gasteiger partial charge is 0.245 e. The molecule has 26 heavy (non-hydrogen) atoms. The van der Waals surface area contributed by atoms with Crippen molar-refractivity contribution in [3.05, 3.63) is 29.0 Å². The van der Waals surface area contributed by atoms with Gasteiger partial charge in [-0.1, -0.05) is 11.6 Å². The van der Waals surface area contributed by atoms with Gasteiger partial charge in [-0.25, -0.2) is 14.4 Å². The molecular weight excluding hydrogens is 359 g/mol. The average Bonchev–Trinajstić information content (AvgIpc) is 3.02. The van der Waals surface area contributed by atoms with Crippen molar-refractivity contribution in [3.63, 3.8) is 0 Å². The number of nitrogens with zero attached hydrogens (tertiary/aromatic N) is 3. The van der Waals surface area contributed by atoms with E-state index in [1.54, 1.807) is 26.2 Å². The van der Waals surface area contributed by atoms with Crippen molar-refractivity contribution in [1.29, 1.82) is 0 Å². The van der Waals surface area contributed by atoms with Gasteiger partial charge in [0.05, 0.1) is 5.02 Å². The number of aliphatic imine (C=N–C) groups is 2. The van der Waals surface area contributed by atoms with Gasteiger partial charge >= 0.3 is 0 Å². The van der Waals surface area contributed by atoms with Crippen LogP contribution >= 0.6 is 11.6 Å². The highest BCUT2D eigenvalue weighted by atomic mass is 35.5. The highest BCUT2D eigenvalue weighted by Crippen LogP contribution is 2.22. The summed E-state index contributed by atoms with van der Waals surface area (Å²) < 4.78 is 12.3. The molecule has 0 saturated heterocycles. The fraction of sp³-hybridized carbons (Fsp3) is 0.412. The maximum absolute atomic E-state index is 12.3. The van der Waals surface area contributed by atoms with Crippen molar-refractivity contribution in [3.8, 4) is 0 Å². The summed E-state index contributed by atoms with van der Waals surface area (Å²) in [6, 6.07) is 1.81. The average molecular weight is 379 g/mol. The summed E-state index contributed by atoms with van der Waals surface area (Å²) in [5.74, 6) is 0.916. The van der Waals surface area contributed by atoms with Crippen molar-refractivity contribution in [2.24, 2.45) is 9.98 Å². The van der Waals surface area contributed by atoms with Crippen molar-refractivity contribution in [2.45, 2.75) is 25.8 Å². The summed E-state index contributed by atoms with van der Waals surface area (Å²) in [4.78, 5) is 28.5. The van der Waals surface area contributed by atoms with Crippen LogP contribution < -0.4 is 10.6 Å². The Labute approximate surface area is 155 Å². The van der Waals surface area contributed by atoms with E-state index in [1.165, 1.54) is 0 Å². The summed E-state index contributed by atoms with van der Waals surface area (Å²) in [5, 5.41) is 7.04. The summed E-state index contributed by atoms with van der Waals surface area (Å²) >= 11 is 6.04. The third kappa shape index (κ3) is 3.85. The Morgan fingerprint density at radius 2 is 2.27 bits per heavy atom. The number of hydrogen-bond donors (Lipinski definition) is 3. The quantitative estimate of drug-likeness (QED) is 0.744. The Kier molecular flexibility index (Phi) is 5.22. The number of H-pyrrole nitrogens is 1. The molecule has 1 aliphatic heterocycles. The van der Waals surface area contributed by atoms with E-state index in [4.69, 9.17) is 11.6 Å². The van der Waals surface area contributed by atoms with Crippen LogP contribution in [-0.4, -0.2) is 52.8 Å². The minimum absolute atomic E-state index is 0.00771. The molecule has 7 nitrogen and oxygen atoms in total. The fourth-order valence-corrected chi connectivity index (χ4v) is 2.84. The second-order valence-electron chi connectivity index (χ2n) is 6.46. The number of rotatable bonds is 5. The van der Waals surface area contributed by atoms with Gasteiger partial charge in [-0.2, -0.15) is 0 Å². The maximum Gasteiger partial charge on any atom is 0.245 e. The highest BCUT2D eigenvalue weighted by Gasteiger charge is 2.29. The third-order valence-electron chi connectivity index (χ3n) is 3.99. The van der Waals surface area contributed by atoms with Gasteiger partial charge in [0.25, 0.3) is 0 Å². The number of amidine groups is 2. The number of aromatic amines is 1. The number of carbonyl (C=O) groups excluding carboxylic acids is 1. The van der Waals surface area contributed by atoms with Crippen LogP contribution in [0.5, 0.6) is 0 Å². The number of halogens is 2. The number of fused-ring (bicyclic) bond motifs is 1. The second kappa shape index (κ2) is 7.41. The van der Waals surface area contributed by atoms with E-state index in [0.717, 1.165) is 10.9 Å². The molecule has 2 aromatic heterocycles. The van der Waals surface area contributed by atoms with E-state index in [0.29, 0.717) is 35.3 Å². The van der Waals surface area contributed by atoms with Gasteiger partial charge in [-0.3, -0.25) is 9.79 Å². The van der Waals surface area contributed by atoms with Crippen LogP contribution in [0.15, 0.2) is 28.4 Å². The molecule has 0 radical (unpaired) electrons. The predicted molar refractivity (Wildman–Crippen MR) is 101 cm³/mol. The topological polar surface area (TPSA) is 94.5 Å². The molecule has 2 aromatic rings. The van der Waals surface area contributed by atoms with Crippen molar-refractivity contribution in [2.75, 3.05) is 19.8 Å². The van der Waals surface area contributed by atoms with Gasteiger partial charge in [0.15, 0.2) is 5.84 Å². The van der Waals surface area contributed by atoms with Gasteiger partial charge in [0, 0.05) is 42.9 Å². The Morgan fingerprint density at radius 3 is 3.04 bits per heavy atom. The molecule has 1 aliphatic rings. The minimum atomic E-state index is -0.915. The van der Waals surface area contributed by atoms with E-state index < -0.39 is 12.2 Å². The number of aromatic nitrogens is 2. The zero-order valence-electron chi connectivity index (χ0n) is 14.6. The minimum Gasteiger partial charge on any atom is -0.360 e. The zero-order valence-corrected chi connectivity index (χ0v) is 15.3. The molecule has 0 unspecified atom stereocenters. The Hall–Kier alpha value is -2.48. The van der Waals surface area contributed by atoms with E-state index in [2.05, 4.69) is 30.6 Å². The van der Waals surface area contributed by atoms with Gasteiger partial charge in [0.2, 0.25) is 5.91 Å². The standard InChI is InChI=1S/C17H20ClFN6O/c1-17(2,16(26)21-6-4-19)25-13-3-5-20-15(24-13)12-9-23-14-11(12)7-10(18)8-22-14/h7-9H,3-6H2,1-2H3,(H,21,26)(H,22,23)(H,20,24,25). The number of nitrogens with one attached hydrogen (secondary N) is 3. The normalized spacial score (nSPS) is 14.8. The van der Waals surface area contributed by atoms with Gasteiger partial charge < -0.3 is 15.6 Å². The Balaban J connectivity index is 1.83. The molecule has 0 saturated carbocycles. The summed E-state index contributed by atoms with van der Waals surface area (Å²) in [6.45, 7) is 3.39. The molecule has 0 spiro atoms.